The first-order valence-electron chi connectivity index (χ1n) is 4.40. The summed E-state index contributed by atoms with van der Waals surface area (Å²) in [6.07, 6.45) is 3.47. The van der Waals surface area contributed by atoms with E-state index < -0.39 is 11.2 Å². The van der Waals surface area contributed by atoms with Crippen molar-refractivity contribution in [3.05, 3.63) is 42.2 Å². The Balaban J connectivity index is 2.53. The molecule has 1 atom stereocenters. The van der Waals surface area contributed by atoms with Crippen molar-refractivity contribution in [2.45, 2.75) is 5.75 Å². The average Bonchev–Trinajstić information content (AvgIpc) is 2.18. The fraction of sp³-hybridized carbons (Fsp3) is 0.182. The Hall–Kier alpha value is -1.06. The standard InChI is InChI=1S/C11H11NOS/c1-14(13)8-11-10-5-3-2-4-9(10)6-7-12-11/h2-7H,8H2,1H3. The lowest BCUT2D eigenvalue weighted by Crippen LogP contribution is -2.03. The molecule has 3 heteroatoms. The van der Waals surface area contributed by atoms with E-state index in [0.29, 0.717) is 5.75 Å². The van der Waals surface area contributed by atoms with Gasteiger partial charge in [-0.15, -0.1) is 0 Å². The number of hydrogen-bond acceptors (Lipinski definition) is 2. The van der Waals surface area contributed by atoms with Crippen LogP contribution in [0.2, 0.25) is 0 Å². The van der Waals surface area contributed by atoms with Gasteiger partial charge in [0.05, 0.1) is 11.9 Å². The van der Waals surface area contributed by atoms with Crippen LogP contribution in [0.15, 0.2) is 36.5 Å². The van der Waals surface area contributed by atoms with Gasteiger partial charge >= 0.3 is 0 Å². The first kappa shape index (κ1) is 9.49. The van der Waals surface area contributed by atoms with Crippen LogP contribution in [-0.4, -0.2) is 15.8 Å². The van der Waals surface area contributed by atoms with Gasteiger partial charge in [0.1, 0.15) is 5.75 Å². The zero-order chi connectivity index (χ0) is 9.97. The molecule has 2 aromatic rings. The Kier molecular flexibility index (Phi) is 2.70. The molecule has 14 heavy (non-hydrogen) atoms. The molecule has 1 heterocycles. The van der Waals surface area contributed by atoms with E-state index in [0.717, 1.165) is 16.5 Å². The zero-order valence-electron chi connectivity index (χ0n) is 7.93. The molecule has 0 aliphatic rings. The Morgan fingerprint density at radius 2 is 2.07 bits per heavy atom. The summed E-state index contributed by atoms with van der Waals surface area (Å²) in [5.41, 5.74) is 0.920. The van der Waals surface area contributed by atoms with E-state index in [1.54, 1.807) is 12.5 Å². The number of pyridine rings is 1. The first-order valence-corrected chi connectivity index (χ1v) is 6.13. The summed E-state index contributed by atoms with van der Waals surface area (Å²) in [7, 11) is 0. The SMILES string of the molecule is C[S+]([O-])Cc1nccc2ccccc12. The lowest BCUT2D eigenvalue weighted by atomic mass is 10.1. The van der Waals surface area contributed by atoms with E-state index in [1.165, 1.54) is 0 Å². The van der Waals surface area contributed by atoms with Gasteiger partial charge in [-0.05, 0) is 11.5 Å². The highest BCUT2D eigenvalue weighted by atomic mass is 32.2. The average molecular weight is 205 g/mol. The van der Waals surface area contributed by atoms with Crippen LogP contribution in [0, 0.1) is 0 Å². The number of nitrogens with zero attached hydrogens (tertiary/aromatic N) is 1. The molecule has 1 aromatic heterocycles. The lowest BCUT2D eigenvalue weighted by Gasteiger charge is -2.06. The van der Waals surface area contributed by atoms with Gasteiger partial charge in [-0.2, -0.15) is 0 Å². The Bertz CT molecular complexity index is 437. The van der Waals surface area contributed by atoms with Gasteiger partial charge in [0.2, 0.25) is 0 Å². The van der Waals surface area contributed by atoms with Crippen molar-refractivity contribution in [1.29, 1.82) is 0 Å². The summed E-state index contributed by atoms with van der Waals surface area (Å²) in [5, 5.41) is 2.26. The molecule has 0 bridgehead atoms. The molecular weight excluding hydrogens is 194 g/mol. The molecule has 0 saturated heterocycles. The molecule has 2 nitrogen and oxygen atoms in total. The summed E-state index contributed by atoms with van der Waals surface area (Å²) >= 11 is -0.835. The Morgan fingerprint density at radius 1 is 1.29 bits per heavy atom. The number of benzene rings is 1. The van der Waals surface area contributed by atoms with E-state index in [1.807, 2.05) is 30.3 Å². The van der Waals surface area contributed by atoms with E-state index in [4.69, 9.17) is 0 Å². The van der Waals surface area contributed by atoms with Crippen LogP contribution >= 0.6 is 0 Å². The minimum absolute atomic E-state index is 0.529. The second-order valence-electron chi connectivity index (χ2n) is 3.20. The van der Waals surface area contributed by atoms with Gasteiger partial charge < -0.3 is 4.55 Å². The Morgan fingerprint density at radius 3 is 2.86 bits per heavy atom. The summed E-state index contributed by atoms with van der Waals surface area (Å²) in [6.45, 7) is 0. The summed E-state index contributed by atoms with van der Waals surface area (Å²) in [6, 6.07) is 10.0. The molecular formula is C11H11NOS. The summed E-state index contributed by atoms with van der Waals surface area (Å²) < 4.78 is 11.1. The van der Waals surface area contributed by atoms with Gasteiger partial charge in [-0.3, -0.25) is 4.98 Å². The fourth-order valence-corrected chi connectivity index (χ4v) is 2.10. The topological polar surface area (TPSA) is 36.0 Å². The molecule has 1 aromatic carbocycles. The van der Waals surface area contributed by atoms with Crippen LogP contribution in [0.4, 0.5) is 0 Å². The van der Waals surface area contributed by atoms with Crippen LogP contribution in [0.1, 0.15) is 5.69 Å². The van der Waals surface area contributed by atoms with Crippen molar-refractivity contribution in [2.24, 2.45) is 0 Å². The summed E-state index contributed by atoms with van der Waals surface area (Å²) in [4.78, 5) is 4.25. The van der Waals surface area contributed by atoms with Crippen molar-refractivity contribution < 1.29 is 4.55 Å². The van der Waals surface area contributed by atoms with E-state index in [-0.39, 0.29) is 0 Å². The predicted molar refractivity (Wildman–Crippen MR) is 59.5 cm³/mol. The number of aromatic nitrogens is 1. The molecule has 0 spiro atoms. The second kappa shape index (κ2) is 3.98. The molecule has 0 fully saturated rings. The molecule has 0 radical (unpaired) electrons. The van der Waals surface area contributed by atoms with Crippen molar-refractivity contribution >= 4 is 21.9 Å². The highest BCUT2D eigenvalue weighted by Crippen LogP contribution is 2.17. The van der Waals surface area contributed by atoms with Crippen LogP contribution in [0.5, 0.6) is 0 Å². The smallest absolute Gasteiger partial charge is 0.147 e. The van der Waals surface area contributed by atoms with Crippen LogP contribution in [0.25, 0.3) is 10.8 Å². The lowest BCUT2D eigenvalue weighted by molar-refractivity contribution is 0.599. The highest BCUT2D eigenvalue weighted by molar-refractivity contribution is 7.89. The van der Waals surface area contributed by atoms with Crippen molar-refractivity contribution in [1.82, 2.24) is 4.98 Å². The van der Waals surface area contributed by atoms with Crippen molar-refractivity contribution in [3.63, 3.8) is 0 Å². The minimum atomic E-state index is -0.835. The van der Waals surface area contributed by atoms with Gasteiger partial charge in [0.15, 0.2) is 0 Å². The molecule has 0 saturated carbocycles. The van der Waals surface area contributed by atoms with E-state index >= 15 is 0 Å². The number of rotatable bonds is 2. The number of hydrogen-bond donors (Lipinski definition) is 0. The maximum atomic E-state index is 11.1. The predicted octanol–water partition coefficient (Wildman–Crippen LogP) is 2.11. The van der Waals surface area contributed by atoms with Gasteiger partial charge in [0, 0.05) is 11.6 Å². The van der Waals surface area contributed by atoms with Gasteiger partial charge in [-0.1, -0.05) is 35.4 Å². The van der Waals surface area contributed by atoms with Crippen LogP contribution < -0.4 is 0 Å². The third-order valence-electron chi connectivity index (χ3n) is 2.10. The summed E-state index contributed by atoms with van der Waals surface area (Å²) in [5.74, 6) is 0.529. The molecule has 0 aliphatic carbocycles. The molecule has 0 amide bonds. The largest absolute Gasteiger partial charge is 0.616 e. The van der Waals surface area contributed by atoms with E-state index in [9.17, 15) is 4.55 Å². The molecule has 1 unspecified atom stereocenters. The Labute approximate surface area is 86.2 Å². The second-order valence-corrected chi connectivity index (χ2v) is 4.63. The maximum Gasteiger partial charge on any atom is 0.147 e. The monoisotopic (exact) mass is 205 g/mol. The molecule has 2 rings (SSSR count). The normalized spacial score (nSPS) is 13.0. The van der Waals surface area contributed by atoms with Crippen LogP contribution in [0.3, 0.4) is 0 Å². The fourth-order valence-electron chi connectivity index (χ4n) is 1.49. The minimum Gasteiger partial charge on any atom is -0.616 e. The third-order valence-corrected chi connectivity index (χ3v) is 2.78. The molecule has 0 aliphatic heterocycles. The van der Waals surface area contributed by atoms with Crippen molar-refractivity contribution in [2.75, 3.05) is 6.26 Å². The molecule has 0 N–H and O–H groups in total. The van der Waals surface area contributed by atoms with Gasteiger partial charge in [0.25, 0.3) is 0 Å². The van der Waals surface area contributed by atoms with Crippen LogP contribution in [-0.2, 0) is 16.9 Å². The molecule has 72 valence electrons. The van der Waals surface area contributed by atoms with E-state index in [2.05, 4.69) is 4.98 Å². The quantitative estimate of drug-likeness (QED) is 0.704. The zero-order valence-corrected chi connectivity index (χ0v) is 8.75. The maximum absolute atomic E-state index is 11.1. The third kappa shape index (κ3) is 1.89. The van der Waals surface area contributed by atoms with Crippen molar-refractivity contribution in [3.8, 4) is 0 Å². The first-order chi connectivity index (χ1) is 6.77. The highest BCUT2D eigenvalue weighted by Gasteiger charge is 2.06. The number of fused-ring (bicyclic) bond motifs is 1. The van der Waals surface area contributed by atoms with Gasteiger partial charge in [-0.25, -0.2) is 0 Å².